The second-order valence-electron chi connectivity index (χ2n) is 2.77. The molecule has 0 spiro atoms. The van der Waals surface area contributed by atoms with Gasteiger partial charge in [-0.25, -0.2) is 4.21 Å². The van der Waals surface area contributed by atoms with Crippen molar-refractivity contribution in [3.63, 3.8) is 0 Å². The fraction of sp³-hybridized carbons (Fsp3) is 0.429. The van der Waals surface area contributed by atoms with Crippen LogP contribution in [0.5, 0.6) is 0 Å². The highest BCUT2D eigenvalue weighted by Crippen LogP contribution is 2.23. The van der Waals surface area contributed by atoms with Gasteiger partial charge in [-0.05, 0) is 0 Å². The number of hydrogen-bond acceptors (Lipinski definition) is 4. The van der Waals surface area contributed by atoms with Crippen LogP contribution >= 0.6 is 0 Å². The highest BCUT2D eigenvalue weighted by Gasteiger charge is 2.40. The van der Waals surface area contributed by atoms with Crippen LogP contribution in [0.1, 0.15) is 0 Å². The Kier molecular flexibility index (Phi) is 4.23. The number of halogens is 3. The van der Waals surface area contributed by atoms with Crippen LogP contribution in [0.15, 0.2) is 12.3 Å². The molecule has 0 bridgehead atoms. The number of nitrogens with zero attached hydrogens (tertiary/aromatic N) is 2. The standard InChI is InChI=1S/C7H8F3N3O3S/c1-16-4-6(14)12-5-2-3-11-13(5)17(15)7(8,9)10/h2-3H,4H2,1H3,(H,12,14). The maximum absolute atomic E-state index is 12.2. The number of rotatable bonds is 4. The summed E-state index contributed by atoms with van der Waals surface area (Å²) in [6.45, 7) is -0.330. The molecular weight excluding hydrogens is 263 g/mol. The minimum atomic E-state index is -4.95. The van der Waals surface area contributed by atoms with Crippen molar-refractivity contribution in [2.24, 2.45) is 0 Å². The van der Waals surface area contributed by atoms with Crippen molar-refractivity contribution >= 4 is 22.7 Å². The number of methoxy groups -OCH3 is 1. The van der Waals surface area contributed by atoms with Gasteiger partial charge in [0.15, 0.2) is 0 Å². The molecular formula is C7H8F3N3O3S. The van der Waals surface area contributed by atoms with Crippen LogP contribution in [-0.2, 0) is 20.5 Å². The van der Waals surface area contributed by atoms with Crippen molar-refractivity contribution in [3.8, 4) is 0 Å². The first-order chi connectivity index (χ1) is 7.86. The lowest BCUT2D eigenvalue weighted by Gasteiger charge is -2.09. The van der Waals surface area contributed by atoms with Crippen molar-refractivity contribution in [2.45, 2.75) is 5.51 Å². The molecule has 0 fully saturated rings. The third-order valence-corrected chi connectivity index (χ3v) is 2.51. The topological polar surface area (TPSA) is 73.2 Å². The molecule has 1 heterocycles. The normalized spacial score (nSPS) is 13.4. The summed E-state index contributed by atoms with van der Waals surface area (Å²) >= 11 is 0. The van der Waals surface area contributed by atoms with Crippen LogP contribution in [0.4, 0.5) is 19.0 Å². The monoisotopic (exact) mass is 271 g/mol. The predicted molar refractivity (Wildman–Crippen MR) is 52.3 cm³/mol. The van der Waals surface area contributed by atoms with Crippen LogP contribution < -0.4 is 5.32 Å². The lowest BCUT2D eigenvalue weighted by atomic mass is 10.6. The van der Waals surface area contributed by atoms with Crippen molar-refractivity contribution in [1.82, 2.24) is 9.19 Å². The summed E-state index contributed by atoms with van der Waals surface area (Å²) in [7, 11) is -2.10. The van der Waals surface area contributed by atoms with Gasteiger partial charge in [0.2, 0.25) is 11.0 Å². The van der Waals surface area contributed by atoms with Crippen LogP contribution in [0.3, 0.4) is 0 Å². The number of aromatic nitrogens is 2. The molecule has 1 rings (SSSR count). The molecule has 0 saturated carbocycles. The Morgan fingerprint density at radius 1 is 1.65 bits per heavy atom. The van der Waals surface area contributed by atoms with Gasteiger partial charge in [-0.15, -0.1) is 0 Å². The fourth-order valence-corrected chi connectivity index (χ4v) is 1.54. The molecule has 0 aromatic carbocycles. The smallest absolute Gasteiger partial charge is 0.375 e. The first kappa shape index (κ1) is 13.6. The molecule has 1 unspecified atom stereocenters. The molecule has 0 aliphatic heterocycles. The molecule has 1 amide bonds. The summed E-state index contributed by atoms with van der Waals surface area (Å²) < 4.78 is 52.2. The van der Waals surface area contributed by atoms with Gasteiger partial charge in [-0.2, -0.15) is 22.4 Å². The Balaban J connectivity index is 2.87. The molecule has 17 heavy (non-hydrogen) atoms. The van der Waals surface area contributed by atoms with Gasteiger partial charge in [-0.1, -0.05) is 0 Å². The summed E-state index contributed by atoms with van der Waals surface area (Å²) in [4.78, 5) is 11.1. The van der Waals surface area contributed by atoms with Crippen LogP contribution in [0, 0.1) is 0 Å². The Bertz CT molecular complexity index is 431. The molecule has 1 atom stereocenters. The van der Waals surface area contributed by atoms with Gasteiger partial charge in [-0.3, -0.25) is 4.79 Å². The minimum Gasteiger partial charge on any atom is -0.375 e. The molecule has 0 aliphatic rings. The van der Waals surface area contributed by atoms with E-state index in [2.05, 4.69) is 15.2 Å². The summed E-state index contributed by atoms with van der Waals surface area (Å²) in [6.07, 6.45) is 0.992. The van der Waals surface area contributed by atoms with Gasteiger partial charge in [0.25, 0.3) is 5.91 Å². The maximum atomic E-state index is 12.2. The number of carbonyl (C=O) groups excluding carboxylic acids is 1. The third-order valence-electron chi connectivity index (χ3n) is 1.51. The second-order valence-corrected chi connectivity index (χ2v) is 4.07. The number of carbonyl (C=O) groups is 1. The zero-order valence-corrected chi connectivity index (χ0v) is 9.34. The highest BCUT2D eigenvalue weighted by atomic mass is 32.2. The van der Waals surface area contributed by atoms with E-state index in [1.807, 2.05) is 0 Å². The van der Waals surface area contributed by atoms with Crippen molar-refractivity contribution in [2.75, 3.05) is 19.0 Å². The van der Waals surface area contributed by atoms with E-state index >= 15 is 0 Å². The zero-order valence-electron chi connectivity index (χ0n) is 8.52. The number of alkyl halides is 3. The minimum absolute atomic E-state index is 0.174. The quantitative estimate of drug-likeness (QED) is 0.865. The summed E-state index contributed by atoms with van der Waals surface area (Å²) in [5.74, 6) is -0.990. The second kappa shape index (κ2) is 5.27. The van der Waals surface area contributed by atoms with E-state index in [1.54, 1.807) is 0 Å². The molecule has 10 heteroatoms. The Morgan fingerprint density at radius 3 is 2.82 bits per heavy atom. The van der Waals surface area contributed by atoms with E-state index in [9.17, 15) is 22.2 Å². The summed E-state index contributed by atoms with van der Waals surface area (Å²) in [5.41, 5.74) is -4.95. The molecule has 0 aliphatic carbocycles. The maximum Gasteiger partial charge on any atom is 0.492 e. The van der Waals surface area contributed by atoms with E-state index in [-0.39, 0.29) is 16.5 Å². The molecule has 6 nitrogen and oxygen atoms in total. The van der Waals surface area contributed by atoms with Crippen molar-refractivity contribution < 1.29 is 26.9 Å². The molecule has 1 aromatic heterocycles. The van der Waals surface area contributed by atoms with Gasteiger partial charge in [0.05, 0.1) is 6.20 Å². The predicted octanol–water partition coefficient (Wildman–Crippen LogP) is 0.500. The summed E-state index contributed by atoms with van der Waals surface area (Å²) in [6, 6.07) is 1.09. The largest absolute Gasteiger partial charge is 0.492 e. The first-order valence-electron chi connectivity index (χ1n) is 4.18. The Morgan fingerprint density at radius 2 is 2.29 bits per heavy atom. The van der Waals surface area contributed by atoms with E-state index in [0.29, 0.717) is 0 Å². The van der Waals surface area contributed by atoms with E-state index in [4.69, 9.17) is 0 Å². The van der Waals surface area contributed by atoms with Crippen LogP contribution in [-0.4, -0.2) is 38.5 Å². The van der Waals surface area contributed by atoms with Crippen LogP contribution in [0.2, 0.25) is 0 Å². The van der Waals surface area contributed by atoms with E-state index < -0.39 is 22.4 Å². The fourth-order valence-electron chi connectivity index (χ4n) is 0.920. The first-order valence-corrected chi connectivity index (χ1v) is 5.29. The van der Waals surface area contributed by atoms with Gasteiger partial charge in [0, 0.05) is 13.2 Å². The van der Waals surface area contributed by atoms with Gasteiger partial charge in [0.1, 0.15) is 12.4 Å². The summed E-state index contributed by atoms with van der Waals surface area (Å²) in [5, 5.41) is 5.32. The number of ether oxygens (including phenoxy) is 1. The lowest BCUT2D eigenvalue weighted by Crippen LogP contribution is -2.27. The van der Waals surface area contributed by atoms with E-state index in [1.165, 1.54) is 7.11 Å². The van der Waals surface area contributed by atoms with Crippen molar-refractivity contribution in [1.29, 1.82) is 0 Å². The molecule has 1 N–H and O–H groups in total. The SMILES string of the molecule is COCC(=O)Nc1ccnn1S(=O)C(F)(F)F. The molecule has 0 radical (unpaired) electrons. The number of nitrogens with one attached hydrogen (secondary N) is 1. The number of anilines is 1. The Hall–Kier alpha value is -1.42. The van der Waals surface area contributed by atoms with E-state index in [0.717, 1.165) is 12.3 Å². The number of hydrogen-bond donors (Lipinski definition) is 1. The highest BCUT2D eigenvalue weighted by molar-refractivity contribution is 7.84. The van der Waals surface area contributed by atoms with Gasteiger partial charge < -0.3 is 10.1 Å². The average molecular weight is 271 g/mol. The van der Waals surface area contributed by atoms with Crippen LogP contribution in [0.25, 0.3) is 0 Å². The molecule has 1 aromatic rings. The Labute approximate surface area is 96.3 Å². The average Bonchev–Trinajstić information content (AvgIpc) is 2.63. The van der Waals surface area contributed by atoms with Gasteiger partial charge >= 0.3 is 5.51 Å². The zero-order chi connectivity index (χ0) is 13.1. The third kappa shape index (κ3) is 3.53. The number of amides is 1. The van der Waals surface area contributed by atoms with Crippen molar-refractivity contribution in [3.05, 3.63) is 12.3 Å². The molecule has 96 valence electrons. The lowest BCUT2D eigenvalue weighted by molar-refractivity contribution is -0.119. The molecule has 0 saturated heterocycles.